The zero-order valence-corrected chi connectivity index (χ0v) is 17.6. The monoisotopic (exact) mass is 387 g/mol. The number of aryl methyl sites for hydroxylation is 1. The number of benzene rings is 1. The minimum Gasteiger partial charge on any atom is -0.356 e. The van der Waals surface area contributed by atoms with Crippen molar-refractivity contribution in [3.8, 4) is 0 Å². The van der Waals surface area contributed by atoms with Crippen molar-refractivity contribution in [2.45, 2.75) is 47.0 Å². The third-order valence-electron chi connectivity index (χ3n) is 5.06. The largest absolute Gasteiger partial charge is 0.356 e. The molecule has 1 aromatic rings. The van der Waals surface area contributed by atoms with Gasteiger partial charge in [-0.3, -0.25) is 14.4 Å². The van der Waals surface area contributed by atoms with Gasteiger partial charge in [-0.1, -0.05) is 39.8 Å². The minimum absolute atomic E-state index is 0.000884. The van der Waals surface area contributed by atoms with Crippen LogP contribution < -0.4 is 5.32 Å². The molecule has 0 spiro atoms. The van der Waals surface area contributed by atoms with Crippen LogP contribution in [-0.4, -0.2) is 60.2 Å². The average Bonchev–Trinajstić information content (AvgIpc) is 2.69. The third-order valence-corrected chi connectivity index (χ3v) is 5.06. The van der Waals surface area contributed by atoms with Gasteiger partial charge in [-0.25, -0.2) is 0 Å². The first-order valence-corrected chi connectivity index (χ1v) is 10.2. The molecule has 1 aliphatic rings. The molecule has 2 rings (SSSR count). The van der Waals surface area contributed by atoms with Gasteiger partial charge in [0.15, 0.2) is 0 Å². The van der Waals surface area contributed by atoms with Crippen LogP contribution in [0.1, 0.15) is 56.5 Å². The number of rotatable bonds is 6. The minimum atomic E-state index is -0.413. The summed E-state index contributed by atoms with van der Waals surface area (Å²) < 4.78 is 0. The van der Waals surface area contributed by atoms with Crippen molar-refractivity contribution in [3.63, 3.8) is 0 Å². The number of carbonyl (C=O) groups excluding carboxylic acids is 3. The molecule has 0 bridgehead atoms. The Labute approximate surface area is 168 Å². The van der Waals surface area contributed by atoms with E-state index in [0.717, 1.165) is 6.42 Å². The Morgan fingerprint density at radius 2 is 1.54 bits per heavy atom. The van der Waals surface area contributed by atoms with Crippen LogP contribution in [0.15, 0.2) is 24.3 Å². The zero-order valence-electron chi connectivity index (χ0n) is 17.6. The molecule has 28 heavy (non-hydrogen) atoms. The van der Waals surface area contributed by atoms with E-state index in [0.29, 0.717) is 51.1 Å². The molecule has 1 saturated heterocycles. The summed E-state index contributed by atoms with van der Waals surface area (Å²) in [4.78, 5) is 40.4. The van der Waals surface area contributed by atoms with Gasteiger partial charge in [0.05, 0.1) is 0 Å². The second-order valence-corrected chi connectivity index (χ2v) is 8.33. The summed E-state index contributed by atoms with van der Waals surface area (Å²) in [5.41, 5.74) is 1.50. The van der Waals surface area contributed by atoms with Crippen molar-refractivity contribution in [2.75, 3.05) is 32.7 Å². The molecule has 1 N–H and O–H groups in total. The summed E-state index contributed by atoms with van der Waals surface area (Å²) in [6.07, 6.45) is 2.00. The first-order chi connectivity index (χ1) is 13.2. The van der Waals surface area contributed by atoms with Gasteiger partial charge >= 0.3 is 0 Å². The molecule has 1 heterocycles. The van der Waals surface area contributed by atoms with E-state index < -0.39 is 5.41 Å². The van der Waals surface area contributed by atoms with Gasteiger partial charge < -0.3 is 15.1 Å². The van der Waals surface area contributed by atoms with Crippen molar-refractivity contribution >= 4 is 17.7 Å². The molecule has 154 valence electrons. The number of piperazine rings is 1. The summed E-state index contributed by atoms with van der Waals surface area (Å²) in [6, 6.07) is 7.74. The molecule has 3 amide bonds. The molecular weight excluding hydrogens is 354 g/mol. The highest BCUT2D eigenvalue weighted by Crippen LogP contribution is 2.13. The Bertz CT molecular complexity index is 684. The van der Waals surface area contributed by atoms with Crippen LogP contribution in [0.5, 0.6) is 0 Å². The Morgan fingerprint density at radius 3 is 2.07 bits per heavy atom. The Morgan fingerprint density at radius 1 is 0.964 bits per heavy atom. The maximum absolute atomic E-state index is 12.6. The molecule has 6 heteroatoms. The summed E-state index contributed by atoms with van der Waals surface area (Å²) in [5.74, 6) is 0.114. The normalized spacial score (nSPS) is 14.7. The standard InChI is InChI=1S/C22H33N3O3/c1-5-17-8-10-18(11-9-17)20(27)25-15-13-24(14-16-25)19(26)7-6-12-23-21(28)22(2,3)4/h8-11H,5-7,12-16H2,1-4H3,(H,23,28). The third kappa shape index (κ3) is 6.08. The van der Waals surface area contributed by atoms with Crippen LogP contribution in [0.3, 0.4) is 0 Å². The number of nitrogens with one attached hydrogen (secondary N) is 1. The van der Waals surface area contributed by atoms with Crippen molar-refractivity contribution in [1.29, 1.82) is 0 Å². The lowest BCUT2D eigenvalue weighted by molar-refractivity contribution is -0.133. The second-order valence-electron chi connectivity index (χ2n) is 8.33. The number of carbonyl (C=O) groups is 3. The van der Waals surface area contributed by atoms with Crippen molar-refractivity contribution in [1.82, 2.24) is 15.1 Å². The maximum Gasteiger partial charge on any atom is 0.253 e. The smallest absolute Gasteiger partial charge is 0.253 e. The molecule has 1 fully saturated rings. The average molecular weight is 388 g/mol. The number of hydrogen-bond donors (Lipinski definition) is 1. The van der Waals surface area contributed by atoms with E-state index >= 15 is 0 Å². The van der Waals surface area contributed by atoms with E-state index in [4.69, 9.17) is 0 Å². The predicted octanol–water partition coefficient (Wildman–Crippen LogP) is 2.48. The van der Waals surface area contributed by atoms with Crippen LogP contribution >= 0.6 is 0 Å². The molecule has 0 saturated carbocycles. The molecule has 0 atom stereocenters. The molecule has 1 aromatic carbocycles. The summed E-state index contributed by atoms with van der Waals surface area (Å²) >= 11 is 0. The first-order valence-electron chi connectivity index (χ1n) is 10.2. The van der Waals surface area contributed by atoms with E-state index in [2.05, 4.69) is 12.2 Å². The van der Waals surface area contributed by atoms with Crippen molar-refractivity contribution < 1.29 is 14.4 Å². The van der Waals surface area contributed by atoms with Gasteiger partial charge in [-0.15, -0.1) is 0 Å². The molecular formula is C22H33N3O3. The van der Waals surface area contributed by atoms with Gasteiger partial charge in [0.2, 0.25) is 11.8 Å². The van der Waals surface area contributed by atoms with Crippen LogP contribution in [-0.2, 0) is 16.0 Å². The van der Waals surface area contributed by atoms with Gasteiger partial charge in [0.25, 0.3) is 5.91 Å². The van der Waals surface area contributed by atoms with E-state index in [1.54, 1.807) is 0 Å². The predicted molar refractivity (Wildman–Crippen MR) is 110 cm³/mol. The first kappa shape index (κ1) is 21.9. The quantitative estimate of drug-likeness (QED) is 0.763. The van der Waals surface area contributed by atoms with Crippen LogP contribution in [0.4, 0.5) is 0 Å². The SMILES string of the molecule is CCc1ccc(C(=O)N2CCN(C(=O)CCCNC(=O)C(C)(C)C)CC2)cc1. The number of amides is 3. The van der Waals surface area contributed by atoms with Crippen LogP contribution in [0.2, 0.25) is 0 Å². The maximum atomic E-state index is 12.6. The summed E-state index contributed by atoms with van der Waals surface area (Å²) in [6.45, 7) is 10.4. The summed E-state index contributed by atoms with van der Waals surface area (Å²) in [7, 11) is 0. The van der Waals surface area contributed by atoms with Crippen molar-refractivity contribution in [2.24, 2.45) is 5.41 Å². The Kier molecular flexibility index (Phi) is 7.61. The Balaban J connectivity index is 1.72. The highest BCUT2D eigenvalue weighted by atomic mass is 16.2. The van der Waals surface area contributed by atoms with E-state index in [-0.39, 0.29) is 17.7 Å². The van der Waals surface area contributed by atoms with E-state index in [9.17, 15) is 14.4 Å². The number of hydrogen-bond acceptors (Lipinski definition) is 3. The molecule has 0 aliphatic carbocycles. The second kappa shape index (κ2) is 9.71. The lowest BCUT2D eigenvalue weighted by Crippen LogP contribution is -2.50. The van der Waals surface area contributed by atoms with Crippen LogP contribution in [0.25, 0.3) is 0 Å². The topological polar surface area (TPSA) is 69.7 Å². The zero-order chi connectivity index (χ0) is 20.7. The van der Waals surface area contributed by atoms with E-state index in [1.165, 1.54) is 5.56 Å². The van der Waals surface area contributed by atoms with Crippen molar-refractivity contribution in [3.05, 3.63) is 35.4 Å². The molecule has 1 aliphatic heterocycles. The van der Waals surface area contributed by atoms with Crippen LogP contribution in [0, 0.1) is 5.41 Å². The van der Waals surface area contributed by atoms with Gasteiger partial charge in [0.1, 0.15) is 0 Å². The fourth-order valence-electron chi connectivity index (χ4n) is 3.09. The van der Waals surface area contributed by atoms with Gasteiger partial charge in [0, 0.05) is 50.1 Å². The molecule has 0 aromatic heterocycles. The fourth-order valence-corrected chi connectivity index (χ4v) is 3.09. The van der Waals surface area contributed by atoms with E-state index in [1.807, 2.05) is 54.8 Å². The lowest BCUT2D eigenvalue weighted by atomic mass is 9.96. The highest BCUT2D eigenvalue weighted by Gasteiger charge is 2.25. The fraction of sp³-hybridized carbons (Fsp3) is 0.591. The lowest BCUT2D eigenvalue weighted by Gasteiger charge is -2.35. The Hall–Kier alpha value is -2.37. The van der Waals surface area contributed by atoms with Gasteiger partial charge in [-0.05, 0) is 30.5 Å². The van der Waals surface area contributed by atoms with Gasteiger partial charge in [-0.2, -0.15) is 0 Å². The number of nitrogens with zero attached hydrogens (tertiary/aromatic N) is 2. The highest BCUT2D eigenvalue weighted by molar-refractivity contribution is 5.94. The summed E-state index contributed by atoms with van der Waals surface area (Å²) in [5, 5.41) is 2.87. The molecule has 0 radical (unpaired) electrons. The molecule has 6 nitrogen and oxygen atoms in total. The molecule has 0 unspecified atom stereocenters.